The molecule has 0 aliphatic carbocycles. The average Bonchev–Trinajstić information content (AvgIpc) is 2.43. The zero-order chi connectivity index (χ0) is 19.1. The zero-order valence-corrected chi connectivity index (χ0v) is 19.5. The summed E-state index contributed by atoms with van der Waals surface area (Å²) in [5.41, 5.74) is 0. The zero-order valence-electron chi connectivity index (χ0n) is 18.4. The first-order valence-corrected chi connectivity index (χ1v) is 9.70. The summed E-state index contributed by atoms with van der Waals surface area (Å²) in [4.78, 5) is 0. The van der Waals surface area contributed by atoms with E-state index in [2.05, 4.69) is 90.5 Å². The number of hydrogen-bond acceptors (Lipinski definition) is 0. The van der Waals surface area contributed by atoms with Crippen molar-refractivity contribution in [2.24, 2.45) is 11.8 Å². The van der Waals surface area contributed by atoms with Crippen LogP contribution in [0.3, 0.4) is 0 Å². The third kappa shape index (κ3) is 29.4. The van der Waals surface area contributed by atoms with E-state index in [0.29, 0.717) is 42.7 Å². The summed E-state index contributed by atoms with van der Waals surface area (Å²) in [6, 6.07) is 1.76. The maximum absolute atomic E-state index is 4.63. The molecule has 1 radical (unpaired) electrons. The number of hydrogen-bond donors (Lipinski definition) is 0. The Labute approximate surface area is 169 Å². The van der Waals surface area contributed by atoms with Crippen LogP contribution in [0, 0.1) is 11.8 Å². The first kappa shape index (κ1) is 30.1. The minimum Gasteiger partial charge on any atom is -0.678 e. The van der Waals surface area contributed by atoms with Crippen LogP contribution in [0.1, 0.15) is 75.7 Å². The van der Waals surface area contributed by atoms with Crippen molar-refractivity contribution in [1.82, 2.24) is 0 Å². The van der Waals surface area contributed by atoms with Crippen molar-refractivity contribution in [1.29, 1.82) is 0 Å². The van der Waals surface area contributed by atoms with E-state index < -0.39 is 0 Å². The second-order valence-electron chi connectivity index (χ2n) is 8.15. The van der Waals surface area contributed by atoms with Crippen molar-refractivity contribution in [2.75, 3.05) is 19.8 Å². The van der Waals surface area contributed by atoms with Crippen molar-refractivity contribution in [3.05, 3.63) is 21.3 Å². The summed E-state index contributed by atoms with van der Waals surface area (Å²) in [7, 11) is 0. The molecule has 0 aromatic rings. The molecule has 0 fully saturated rings. The fourth-order valence-corrected chi connectivity index (χ4v) is 1.80. The SMILES string of the molecule is CC(C)C[N-]C(C)CC(C)[N-]CC(C)C.CC(C)[N-]C[N-]C(C)C.[Co]. The average molecular weight is 400 g/mol. The Bertz CT molecular complexity index is 234. The molecule has 5 heteroatoms. The Morgan fingerprint density at radius 1 is 0.520 bits per heavy atom. The van der Waals surface area contributed by atoms with Crippen molar-refractivity contribution < 1.29 is 16.8 Å². The van der Waals surface area contributed by atoms with E-state index in [-0.39, 0.29) is 16.8 Å². The van der Waals surface area contributed by atoms with Gasteiger partial charge < -0.3 is 21.3 Å². The van der Waals surface area contributed by atoms with Gasteiger partial charge in [0.05, 0.1) is 0 Å². The molecule has 0 spiro atoms. The molecule has 0 aliphatic rings. The fraction of sp³-hybridized carbons (Fsp3) is 1.00. The largest absolute Gasteiger partial charge is 0.678 e. The van der Waals surface area contributed by atoms with Gasteiger partial charge in [-0.3, -0.25) is 6.67 Å². The monoisotopic (exact) mass is 399 g/mol. The van der Waals surface area contributed by atoms with E-state index in [9.17, 15) is 0 Å². The van der Waals surface area contributed by atoms with Crippen LogP contribution in [0.5, 0.6) is 0 Å². The molecule has 0 amide bonds. The molecule has 0 aromatic heterocycles. The second kappa shape index (κ2) is 19.1. The molecule has 25 heavy (non-hydrogen) atoms. The van der Waals surface area contributed by atoms with Gasteiger partial charge in [-0.15, -0.1) is 37.3 Å². The minimum absolute atomic E-state index is 0. The smallest absolute Gasteiger partial charge is 0 e. The molecular formula is C20H44CoN4-4. The van der Waals surface area contributed by atoms with Gasteiger partial charge in [-0.05, 0) is 0 Å². The maximum Gasteiger partial charge on any atom is 0 e. The Morgan fingerprint density at radius 2 is 0.840 bits per heavy atom. The second-order valence-corrected chi connectivity index (χ2v) is 8.15. The third-order valence-corrected chi connectivity index (χ3v) is 3.14. The molecule has 0 rings (SSSR count). The van der Waals surface area contributed by atoms with Crippen molar-refractivity contribution >= 4 is 0 Å². The van der Waals surface area contributed by atoms with Crippen LogP contribution in [0.2, 0.25) is 0 Å². The summed E-state index contributed by atoms with van der Waals surface area (Å²) in [5, 5.41) is 17.7. The van der Waals surface area contributed by atoms with Gasteiger partial charge in [0.1, 0.15) is 0 Å². The number of rotatable bonds is 12. The summed E-state index contributed by atoms with van der Waals surface area (Å²) in [6.07, 6.45) is 1.10. The summed E-state index contributed by atoms with van der Waals surface area (Å²) in [6.45, 7) is 24.1. The third-order valence-electron chi connectivity index (χ3n) is 3.14. The minimum atomic E-state index is 0. The van der Waals surface area contributed by atoms with E-state index in [4.69, 9.17) is 0 Å². The van der Waals surface area contributed by atoms with Crippen molar-refractivity contribution in [3.8, 4) is 0 Å². The molecule has 0 saturated carbocycles. The predicted molar refractivity (Wildman–Crippen MR) is 112 cm³/mol. The van der Waals surface area contributed by atoms with Crippen LogP contribution in [0.15, 0.2) is 0 Å². The predicted octanol–water partition coefficient (Wildman–Crippen LogP) is 6.72. The standard InChI is InChI=1S/C13H28N2.C7H16N2.Co/c1-10(2)8-14-12(5)7-13(6)15-9-11(3)4;1-6(2)8-5-9-7(3)4;/h10-13H,7-9H2,1-6H3;6-7H,5H2,1-4H3;/q2*-2;. The Kier molecular flexibility index (Phi) is 23.0. The van der Waals surface area contributed by atoms with E-state index in [1.165, 1.54) is 0 Å². The van der Waals surface area contributed by atoms with Gasteiger partial charge >= 0.3 is 0 Å². The van der Waals surface area contributed by atoms with Crippen molar-refractivity contribution in [3.63, 3.8) is 0 Å². The topological polar surface area (TPSA) is 56.4 Å². The summed E-state index contributed by atoms with van der Waals surface area (Å²) < 4.78 is 0. The molecule has 0 aliphatic heterocycles. The van der Waals surface area contributed by atoms with E-state index in [1.54, 1.807) is 0 Å². The van der Waals surface area contributed by atoms with Gasteiger partial charge in [-0.2, -0.15) is 0 Å². The molecule has 2 unspecified atom stereocenters. The van der Waals surface area contributed by atoms with Gasteiger partial charge in [-0.25, -0.2) is 0 Å². The maximum atomic E-state index is 4.63. The first-order valence-electron chi connectivity index (χ1n) is 9.70. The van der Waals surface area contributed by atoms with Crippen LogP contribution in [0.25, 0.3) is 21.3 Å². The van der Waals surface area contributed by atoms with Crippen LogP contribution in [-0.4, -0.2) is 43.9 Å². The quantitative estimate of drug-likeness (QED) is 0.350. The van der Waals surface area contributed by atoms with Gasteiger partial charge in [0.2, 0.25) is 0 Å². The van der Waals surface area contributed by atoms with Crippen LogP contribution in [-0.2, 0) is 16.8 Å². The molecule has 0 bridgehead atoms. The first-order chi connectivity index (χ1) is 11.0. The van der Waals surface area contributed by atoms with Gasteiger partial charge in [0.15, 0.2) is 0 Å². The fourth-order valence-electron chi connectivity index (χ4n) is 1.80. The Balaban J connectivity index is -0.000000418. The normalized spacial score (nSPS) is 13.7. The summed E-state index contributed by atoms with van der Waals surface area (Å²) >= 11 is 0. The molecule has 0 saturated heterocycles. The van der Waals surface area contributed by atoms with E-state index in [0.717, 1.165) is 19.5 Å². The number of nitrogens with zero attached hydrogens (tertiary/aromatic N) is 4. The molecule has 157 valence electrons. The van der Waals surface area contributed by atoms with Gasteiger partial charge in [0, 0.05) is 16.8 Å². The van der Waals surface area contributed by atoms with Gasteiger partial charge in [0.25, 0.3) is 0 Å². The van der Waals surface area contributed by atoms with E-state index in [1.807, 2.05) is 0 Å². The molecule has 0 heterocycles. The molecule has 4 nitrogen and oxygen atoms in total. The molecule has 0 N–H and O–H groups in total. The molecule has 0 aromatic carbocycles. The molecule has 2 atom stereocenters. The van der Waals surface area contributed by atoms with Gasteiger partial charge in [-0.1, -0.05) is 87.5 Å². The molecular weight excluding hydrogens is 355 g/mol. The Hall–Kier alpha value is 0.346. The van der Waals surface area contributed by atoms with E-state index >= 15 is 0 Å². The van der Waals surface area contributed by atoms with Crippen LogP contribution >= 0.6 is 0 Å². The summed E-state index contributed by atoms with van der Waals surface area (Å²) in [5.74, 6) is 1.35. The van der Waals surface area contributed by atoms with Crippen LogP contribution in [0.4, 0.5) is 0 Å². The van der Waals surface area contributed by atoms with Crippen LogP contribution < -0.4 is 0 Å². The van der Waals surface area contributed by atoms with Crippen molar-refractivity contribution in [2.45, 2.75) is 99.8 Å². The Morgan fingerprint density at radius 3 is 1.08 bits per heavy atom.